The molecule has 1 aliphatic rings. The van der Waals surface area contributed by atoms with Crippen molar-refractivity contribution in [1.82, 2.24) is 0 Å². The topological polar surface area (TPSA) is 37.3 Å². The van der Waals surface area contributed by atoms with Gasteiger partial charge in [-0.25, -0.2) is 0 Å². The maximum absolute atomic E-state index is 10.8. The molecule has 0 aromatic carbocycles. The van der Waals surface area contributed by atoms with Crippen molar-refractivity contribution in [3.8, 4) is 0 Å². The van der Waals surface area contributed by atoms with E-state index in [-0.39, 0.29) is 11.7 Å². The normalized spacial score (nSPS) is 31.5. The van der Waals surface area contributed by atoms with Crippen molar-refractivity contribution in [2.75, 3.05) is 0 Å². The van der Waals surface area contributed by atoms with Gasteiger partial charge in [0.2, 0.25) is 0 Å². The molecule has 0 saturated heterocycles. The van der Waals surface area contributed by atoms with Crippen LogP contribution in [0.2, 0.25) is 0 Å². The Hall–Kier alpha value is -0.630. The number of hydrogen-bond donors (Lipinski definition) is 1. The van der Waals surface area contributed by atoms with Gasteiger partial charge in [0.1, 0.15) is 0 Å². The first-order valence-electron chi connectivity index (χ1n) is 3.99. The Morgan fingerprint density at radius 1 is 1.64 bits per heavy atom. The van der Waals surface area contributed by atoms with Gasteiger partial charge >= 0.3 is 0 Å². The van der Waals surface area contributed by atoms with E-state index in [1.54, 1.807) is 6.08 Å². The van der Waals surface area contributed by atoms with E-state index in [2.05, 4.69) is 0 Å². The molecule has 11 heavy (non-hydrogen) atoms. The molecule has 0 fully saturated rings. The highest BCUT2D eigenvalue weighted by Crippen LogP contribution is 2.27. The molecule has 0 bridgehead atoms. The summed E-state index contributed by atoms with van der Waals surface area (Å²) in [5.41, 5.74) is -0.742. The first kappa shape index (κ1) is 8.47. The molecule has 2 heteroatoms. The Balaban J connectivity index is 2.75. The Labute approximate surface area is 66.9 Å². The largest absolute Gasteiger partial charge is 0.386 e. The zero-order valence-corrected chi connectivity index (χ0v) is 7.00. The standard InChI is InChI=1S/C9H14O2/c1-7(2)9(11)5-3-8(10)4-6-9/h3,5,7,11H,4,6H2,1-2H3. The van der Waals surface area contributed by atoms with E-state index in [0.29, 0.717) is 12.8 Å². The van der Waals surface area contributed by atoms with Crippen LogP contribution in [0.4, 0.5) is 0 Å². The van der Waals surface area contributed by atoms with Crippen LogP contribution in [0, 0.1) is 5.92 Å². The fourth-order valence-corrected chi connectivity index (χ4v) is 1.21. The molecule has 0 saturated carbocycles. The lowest BCUT2D eigenvalue weighted by molar-refractivity contribution is -0.117. The second-order valence-corrected chi connectivity index (χ2v) is 3.45. The van der Waals surface area contributed by atoms with Gasteiger partial charge in [-0.2, -0.15) is 0 Å². The number of allylic oxidation sites excluding steroid dienone is 1. The summed E-state index contributed by atoms with van der Waals surface area (Å²) in [6.45, 7) is 3.92. The number of rotatable bonds is 1. The Kier molecular flexibility index (Phi) is 2.14. The van der Waals surface area contributed by atoms with Gasteiger partial charge < -0.3 is 5.11 Å². The molecule has 0 amide bonds. The van der Waals surface area contributed by atoms with Crippen LogP contribution in [-0.2, 0) is 4.79 Å². The predicted molar refractivity (Wildman–Crippen MR) is 43.2 cm³/mol. The molecule has 0 spiro atoms. The van der Waals surface area contributed by atoms with Crippen LogP contribution in [0.5, 0.6) is 0 Å². The van der Waals surface area contributed by atoms with Gasteiger partial charge in [-0.05, 0) is 24.5 Å². The minimum absolute atomic E-state index is 0.121. The van der Waals surface area contributed by atoms with Crippen LogP contribution < -0.4 is 0 Å². The van der Waals surface area contributed by atoms with E-state index in [0.717, 1.165) is 0 Å². The van der Waals surface area contributed by atoms with Crippen molar-refractivity contribution >= 4 is 5.78 Å². The van der Waals surface area contributed by atoms with Gasteiger partial charge in [-0.3, -0.25) is 4.79 Å². The number of ketones is 1. The number of carbonyl (C=O) groups is 1. The van der Waals surface area contributed by atoms with E-state index in [1.165, 1.54) is 6.08 Å². The van der Waals surface area contributed by atoms with Crippen molar-refractivity contribution in [2.45, 2.75) is 32.3 Å². The first-order valence-corrected chi connectivity index (χ1v) is 3.99. The lowest BCUT2D eigenvalue weighted by Crippen LogP contribution is -2.35. The molecule has 2 nitrogen and oxygen atoms in total. The third-order valence-corrected chi connectivity index (χ3v) is 2.33. The fraction of sp³-hybridized carbons (Fsp3) is 0.667. The lowest BCUT2D eigenvalue weighted by Gasteiger charge is -2.30. The average molecular weight is 154 g/mol. The summed E-state index contributed by atoms with van der Waals surface area (Å²) >= 11 is 0. The molecule has 0 aliphatic heterocycles. The van der Waals surface area contributed by atoms with E-state index in [9.17, 15) is 9.90 Å². The maximum atomic E-state index is 10.8. The SMILES string of the molecule is CC(C)C1(O)C=CC(=O)CC1. The molecule has 0 heterocycles. The molecule has 1 N–H and O–H groups in total. The van der Waals surface area contributed by atoms with E-state index < -0.39 is 5.60 Å². The molecule has 1 aliphatic carbocycles. The number of hydrogen-bond acceptors (Lipinski definition) is 2. The zero-order chi connectivity index (χ0) is 8.48. The smallest absolute Gasteiger partial charge is 0.155 e. The number of carbonyl (C=O) groups excluding carboxylic acids is 1. The highest BCUT2D eigenvalue weighted by atomic mass is 16.3. The highest BCUT2D eigenvalue weighted by molar-refractivity contribution is 5.90. The lowest BCUT2D eigenvalue weighted by atomic mass is 9.82. The molecule has 1 atom stereocenters. The molecule has 0 aromatic heterocycles. The van der Waals surface area contributed by atoms with Crippen molar-refractivity contribution < 1.29 is 9.90 Å². The highest BCUT2D eigenvalue weighted by Gasteiger charge is 2.30. The summed E-state index contributed by atoms with van der Waals surface area (Å²) in [4.78, 5) is 10.8. The molecule has 1 unspecified atom stereocenters. The fourth-order valence-electron chi connectivity index (χ4n) is 1.21. The van der Waals surface area contributed by atoms with Crippen LogP contribution in [0.1, 0.15) is 26.7 Å². The third-order valence-electron chi connectivity index (χ3n) is 2.33. The molecule has 1 rings (SSSR count). The van der Waals surface area contributed by atoms with Crippen LogP contribution in [-0.4, -0.2) is 16.5 Å². The van der Waals surface area contributed by atoms with Crippen molar-refractivity contribution in [3.05, 3.63) is 12.2 Å². The second kappa shape index (κ2) is 2.78. The Bertz CT molecular complexity index is 194. The Morgan fingerprint density at radius 3 is 2.64 bits per heavy atom. The summed E-state index contributed by atoms with van der Waals surface area (Å²) in [6.07, 6.45) is 4.16. The summed E-state index contributed by atoms with van der Waals surface area (Å²) in [5.74, 6) is 0.308. The summed E-state index contributed by atoms with van der Waals surface area (Å²) in [7, 11) is 0. The van der Waals surface area contributed by atoms with Crippen LogP contribution in [0.15, 0.2) is 12.2 Å². The van der Waals surface area contributed by atoms with E-state index >= 15 is 0 Å². The van der Waals surface area contributed by atoms with Gasteiger partial charge in [0.05, 0.1) is 5.60 Å². The van der Waals surface area contributed by atoms with Crippen LogP contribution in [0.25, 0.3) is 0 Å². The third kappa shape index (κ3) is 1.69. The van der Waals surface area contributed by atoms with Crippen molar-refractivity contribution in [3.63, 3.8) is 0 Å². The molecule has 0 aromatic rings. The van der Waals surface area contributed by atoms with E-state index in [1.807, 2.05) is 13.8 Å². The average Bonchev–Trinajstić information content (AvgIpc) is 1.95. The van der Waals surface area contributed by atoms with Gasteiger partial charge in [-0.1, -0.05) is 13.8 Å². The molecule has 0 radical (unpaired) electrons. The van der Waals surface area contributed by atoms with Crippen molar-refractivity contribution in [2.24, 2.45) is 5.92 Å². The zero-order valence-electron chi connectivity index (χ0n) is 7.00. The van der Waals surface area contributed by atoms with Crippen LogP contribution in [0.3, 0.4) is 0 Å². The summed E-state index contributed by atoms with van der Waals surface area (Å²) < 4.78 is 0. The van der Waals surface area contributed by atoms with Gasteiger partial charge in [0, 0.05) is 6.42 Å². The molecule has 62 valence electrons. The van der Waals surface area contributed by atoms with Crippen molar-refractivity contribution in [1.29, 1.82) is 0 Å². The minimum Gasteiger partial charge on any atom is -0.386 e. The Morgan fingerprint density at radius 2 is 2.27 bits per heavy atom. The minimum atomic E-state index is -0.742. The maximum Gasteiger partial charge on any atom is 0.155 e. The van der Waals surface area contributed by atoms with Gasteiger partial charge in [-0.15, -0.1) is 0 Å². The van der Waals surface area contributed by atoms with Gasteiger partial charge in [0.15, 0.2) is 5.78 Å². The molecular weight excluding hydrogens is 140 g/mol. The predicted octanol–water partition coefficient (Wildman–Crippen LogP) is 1.29. The monoisotopic (exact) mass is 154 g/mol. The summed E-state index contributed by atoms with van der Waals surface area (Å²) in [5, 5.41) is 9.83. The molecular formula is C9H14O2. The van der Waals surface area contributed by atoms with Gasteiger partial charge in [0.25, 0.3) is 0 Å². The summed E-state index contributed by atoms with van der Waals surface area (Å²) in [6, 6.07) is 0. The van der Waals surface area contributed by atoms with E-state index in [4.69, 9.17) is 0 Å². The van der Waals surface area contributed by atoms with Crippen LogP contribution >= 0.6 is 0 Å². The number of aliphatic hydroxyl groups is 1. The quantitative estimate of drug-likeness (QED) is 0.618. The second-order valence-electron chi connectivity index (χ2n) is 3.45. The first-order chi connectivity index (χ1) is 5.04.